The Kier molecular flexibility index (Phi) is 3.32. The van der Waals surface area contributed by atoms with E-state index in [0.29, 0.717) is 5.84 Å². The van der Waals surface area contributed by atoms with Gasteiger partial charge in [-0.2, -0.15) is 0 Å². The first-order chi connectivity index (χ1) is 9.34. The Morgan fingerprint density at radius 3 is 1.89 bits per heavy atom. The molecule has 1 aliphatic rings. The number of fused-ring (bicyclic) bond motifs is 1. The van der Waals surface area contributed by atoms with E-state index < -0.39 is 0 Å². The van der Waals surface area contributed by atoms with Crippen LogP contribution in [0.3, 0.4) is 0 Å². The molecule has 1 heterocycles. The fraction of sp³-hybridized carbons (Fsp3) is 0.235. The van der Waals surface area contributed by atoms with Gasteiger partial charge < -0.3 is 4.90 Å². The summed E-state index contributed by atoms with van der Waals surface area (Å²) in [6, 6.07) is 18.7. The molecule has 0 atom stereocenters. The molecule has 0 bridgehead atoms. The molecule has 0 fully saturated rings. The second-order valence-corrected chi connectivity index (χ2v) is 4.97. The van der Waals surface area contributed by atoms with Crippen LogP contribution in [0.4, 0.5) is 0 Å². The molecule has 2 aromatic rings. The van der Waals surface area contributed by atoms with Crippen molar-refractivity contribution in [2.75, 3.05) is 13.1 Å². The number of nitrogens with zero attached hydrogens (tertiary/aromatic N) is 1. The van der Waals surface area contributed by atoms with Crippen LogP contribution in [-0.4, -0.2) is 23.8 Å². The third-order valence-corrected chi connectivity index (χ3v) is 3.78. The van der Waals surface area contributed by atoms with E-state index in [1.54, 1.807) is 0 Å². The summed E-state index contributed by atoms with van der Waals surface area (Å²) in [5.41, 5.74) is 3.88. The van der Waals surface area contributed by atoms with Gasteiger partial charge in [-0.05, 0) is 24.0 Å². The predicted molar refractivity (Wildman–Crippen MR) is 78.7 cm³/mol. The van der Waals surface area contributed by atoms with Gasteiger partial charge in [-0.15, -0.1) is 0 Å². The van der Waals surface area contributed by atoms with Crippen molar-refractivity contribution in [2.45, 2.75) is 12.8 Å². The molecule has 1 N–H and O–H groups in total. The van der Waals surface area contributed by atoms with Crippen molar-refractivity contribution in [3.63, 3.8) is 0 Å². The van der Waals surface area contributed by atoms with Crippen LogP contribution in [0.1, 0.15) is 16.7 Å². The highest BCUT2D eigenvalue weighted by atomic mass is 15.2. The Labute approximate surface area is 114 Å². The van der Waals surface area contributed by atoms with Crippen molar-refractivity contribution in [2.24, 2.45) is 0 Å². The van der Waals surface area contributed by atoms with Gasteiger partial charge in [0.15, 0.2) is 0 Å². The summed E-state index contributed by atoms with van der Waals surface area (Å²) < 4.78 is 0. The van der Waals surface area contributed by atoms with Gasteiger partial charge in [0.2, 0.25) is 0 Å². The Balaban J connectivity index is 1.77. The number of rotatable bonds is 1. The molecule has 0 spiro atoms. The minimum Gasteiger partial charge on any atom is -0.356 e. The summed E-state index contributed by atoms with van der Waals surface area (Å²) in [5, 5.41) is 8.35. The highest BCUT2D eigenvalue weighted by Crippen LogP contribution is 2.17. The SMILES string of the molecule is N=C(c1ccccc1)N1CCc2ccccc2CC1. The third kappa shape index (κ3) is 2.53. The molecule has 0 radical (unpaired) electrons. The van der Waals surface area contributed by atoms with Gasteiger partial charge in [0.1, 0.15) is 5.84 Å². The zero-order chi connectivity index (χ0) is 13.1. The predicted octanol–water partition coefficient (Wildman–Crippen LogP) is 3.11. The van der Waals surface area contributed by atoms with E-state index in [-0.39, 0.29) is 0 Å². The highest BCUT2D eigenvalue weighted by Gasteiger charge is 2.16. The maximum absolute atomic E-state index is 8.35. The molecule has 0 aliphatic carbocycles. The van der Waals surface area contributed by atoms with Crippen LogP contribution >= 0.6 is 0 Å². The van der Waals surface area contributed by atoms with Gasteiger partial charge in [-0.25, -0.2) is 0 Å². The van der Waals surface area contributed by atoms with E-state index >= 15 is 0 Å². The van der Waals surface area contributed by atoms with Crippen LogP contribution in [0.15, 0.2) is 54.6 Å². The molecule has 2 aromatic carbocycles. The van der Waals surface area contributed by atoms with E-state index in [9.17, 15) is 0 Å². The van der Waals surface area contributed by atoms with E-state index in [2.05, 4.69) is 29.2 Å². The van der Waals surface area contributed by atoms with Gasteiger partial charge >= 0.3 is 0 Å². The molecule has 2 nitrogen and oxygen atoms in total. The molecular weight excluding hydrogens is 232 g/mol. The molecule has 2 heteroatoms. The van der Waals surface area contributed by atoms with Crippen molar-refractivity contribution >= 4 is 5.84 Å². The Morgan fingerprint density at radius 1 is 0.789 bits per heavy atom. The van der Waals surface area contributed by atoms with Crippen molar-refractivity contribution in [1.82, 2.24) is 4.90 Å². The molecule has 3 rings (SSSR count). The van der Waals surface area contributed by atoms with E-state index in [1.807, 2.05) is 30.3 Å². The zero-order valence-electron chi connectivity index (χ0n) is 11.0. The molecular formula is C17H18N2. The van der Waals surface area contributed by atoms with E-state index in [0.717, 1.165) is 31.5 Å². The van der Waals surface area contributed by atoms with Crippen LogP contribution < -0.4 is 0 Å². The summed E-state index contributed by atoms with van der Waals surface area (Å²) >= 11 is 0. The number of hydrogen-bond acceptors (Lipinski definition) is 1. The smallest absolute Gasteiger partial charge is 0.128 e. The van der Waals surface area contributed by atoms with Crippen LogP contribution in [-0.2, 0) is 12.8 Å². The molecule has 0 aromatic heterocycles. The Hall–Kier alpha value is -2.09. The average Bonchev–Trinajstić information content (AvgIpc) is 2.70. The lowest BCUT2D eigenvalue weighted by atomic mass is 10.0. The summed E-state index contributed by atoms with van der Waals surface area (Å²) in [7, 11) is 0. The maximum atomic E-state index is 8.35. The lowest BCUT2D eigenvalue weighted by Crippen LogP contribution is -2.33. The number of benzene rings is 2. The molecule has 0 saturated heterocycles. The second kappa shape index (κ2) is 5.27. The lowest BCUT2D eigenvalue weighted by Gasteiger charge is -2.23. The van der Waals surface area contributed by atoms with Crippen molar-refractivity contribution < 1.29 is 0 Å². The highest BCUT2D eigenvalue weighted by molar-refractivity contribution is 5.96. The zero-order valence-corrected chi connectivity index (χ0v) is 11.0. The third-order valence-electron chi connectivity index (χ3n) is 3.78. The summed E-state index contributed by atoms with van der Waals surface area (Å²) in [4.78, 5) is 2.19. The molecule has 0 amide bonds. The largest absolute Gasteiger partial charge is 0.356 e. The molecule has 0 unspecified atom stereocenters. The summed E-state index contributed by atoms with van der Waals surface area (Å²) in [6.45, 7) is 1.87. The molecule has 1 aliphatic heterocycles. The summed E-state index contributed by atoms with van der Waals surface area (Å²) in [6.07, 6.45) is 2.07. The van der Waals surface area contributed by atoms with Crippen molar-refractivity contribution in [3.05, 3.63) is 71.3 Å². The molecule has 0 saturated carbocycles. The fourth-order valence-corrected chi connectivity index (χ4v) is 2.67. The lowest BCUT2D eigenvalue weighted by molar-refractivity contribution is 0.437. The maximum Gasteiger partial charge on any atom is 0.128 e. The van der Waals surface area contributed by atoms with Crippen molar-refractivity contribution in [3.8, 4) is 0 Å². The Bertz CT molecular complexity index is 548. The molecule has 96 valence electrons. The van der Waals surface area contributed by atoms with Crippen molar-refractivity contribution in [1.29, 1.82) is 5.41 Å². The second-order valence-electron chi connectivity index (χ2n) is 4.97. The average molecular weight is 250 g/mol. The van der Waals surface area contributed by atoms with E-state index in [1.165, 1.54) is 11.1 Å². The van der Waals surface area contributed by atoms with Gasteiger partial charge in [-0.1, -0.05) is 54.6 Å². The quantitative estimate of drug-likeness (QED) is 0.611. The fourth-order valence-electron chi connectivity index (χ4n) is 2.67. The van der Waals surface area contributed by atoms with Crippen LogP contribution in [0.25, 0.3) is 0 Å². The Morgan fingerprint density at radius 2 is 1.32 bits per heavy atom. The van der Waals surface area contributed by atoms with Gasteiger partial charge in [0.25, 0.3) is 0 Å². The van der Waals surface area contributed by atoms with Crippen LogP contribution in [0, 0.1) is 5.41 Å². The van der Waals surface area contributed by atoms with Crippen LogP contribution in [0.2, 0.25) is 0 Å². The monoisotopic (exact) mass is 250 g/mol. The first-order valence-corrected chi connectivity index (χ1v) is 6.80. The van der Waals surface area contributed by atoms with Gasteiger partial charge in [-0.3, -0.25) is 5.41 Å². The van der Waals surface area contributed by atoms with E-state index in [4.69, 9.17) is 5.41 Å². The first-order valence-electron chi connectivity index (χ1n) is 6.80. The van der Waals surface area contributed by atoms with Gasteiger partial charge in [0, 0.05) is 18.7 Å². The minimum atomic E-state index is 0.647. The first kappa shape index (κ1) is 12.0. The standard InChI is InChI=1S/C17H18N2/c18-17(16-8-2-1-3-9-16)19-12-10-14-6-4-5-7-15(14)11-13-19/h1-9,18H,10-13H2. The number of nitrogens with one attached hydrogen (secondary N) is 1. The normalized spacial score (nSPS) is 14.6. The molecule has 19 heavy (non-hydrogen) atoms. The minimum absolute atomic E-state index is 0.647. The topological polar surface area (TPSA) is 27.1 Å². The number of hydrogen-bond donors (Lipinski definition) is 1. The van der Waals surface area contributed by atoms with Gasteiger partial charge in [0.05, 0.1) is 0 Å². The number of amidine groups is 1. The van der Waals surface area contributed by atoms with Crippen LogP contribution in [0.5, 0.6) is 0 Å². The summed E-state index contributed by atoms with van der Waals surface area (Å²) in [5.74, 6) is 0.647.